The van der Waals surface area contributed by atoms with Gasteiger partial charge in [-0.25, -0.2) is 0 Å². The second-order valence-electron chi connectivity index (χ2n) is 4.17. The number of hydrogen-bond donors (Lipinski definition) is 2. The highest BCUT2D eigenvalue weighted by Crippen LogP contribution is 1.97. The summed E-state index contributed by atoms with van der Waals surface area (Å²) in [7, 11) is 0. The highest BCUT2D eigenvalue weighted by molar-refractivity contribution is 7.80. The van der Waals surface area contributed by atoms with Crippen molar-refractivity contribution in [3.05, 3.63) is 66.0 Å². The Morgan fingerprint density at radius 3 is 2.53 bits per heavy atom. The van der Waals surface area contributed by atoms with E-state index in [9.17, 15) is 0 Å². The van der Waals surface area contributed by atoms with Crippen molar-refractivity contribution in [2.75, 3.05) is 6.54 Å². The van der Waals surface area contributed by atoms with Gasteiger partial charge in [0.25, 0.3) is 0 Å². The van der Waals surface area contributed by atoms with Crippen molar-refractivity contribution < 1.29 is 0 Å². The molecule has 0 unspecified atom stereocenters. The van der Waals surface area contributed by atoms with Crippen LogP contribution in [0.4, 0.5) is 0 Å². The Kier molecular flexibility index (Phi) is 5.31. The molecule has 1 aromatic carbocycles. The van der Waals surface area contributed by atoms with Gasteiger partial charge in [-0.2, -0.15) is 0 Å². The van der Waals surface area contributed by atoms with Gasteiger partial charge in [0.15, 0.2) is 5.11 Å². The van der Waals surface area contributed by atoms with Crippen LogP contribution in [0.2, 0.25) is 0 Å². The van der Waals surface area contributed by atoms with Crippen LogP contribution in [0, 0.1) is 0 Å². The first kappa shape index (κ1) is 13.5. The average Bonchev–Trinajstić information content (AvgIpc) is 2.47. The number of nitrogens with one attached hydrogen (secondary N) is 2. The number of nitrogens with zero attached hydrogens (tertiary/aromatic N) is 1. The molecule has 2 rings (SSSR count). The molecule has 0 atom stereocenters. The maximum atomic E-state index is 5.23. The maximum Gasteiger partial charge on any atom is 0.166 e. The van der Waals surface area contributed by atoms with Crippen molar-refractivity contribution in [3.8, 4) is 0 Å². The maximum absolute atomic E-state index is 5.23. The topological polar surface area (TPSA) is 37.0 Å². The van der Waals surface area contributed by atoms with Crippen LogP contribution in [0.5, 0.6) is 0 Å². The molecule has 1 aromatic heterocycles. The van der Waals surface area contributed by atoms with E-state index in [4.69, 9.17) is 12.2 Å². The first-order chi connectivity index (χ1) is 9.34. The van der Waals surface area contributed by atoms with Crippen molar-refractivity contribution in [1.82, 2.24) is 15.6 Å². The van der Waals surface area contributed by atoms with Crippen LogP contribution >= 0.6 is 12.2 Å². The van der Waals surface area contributed by atoms with Gasteiger partial charge in [-0.3, -0.25) is 4.98 Å². The Hall–Kier alpha value is -1.94. The van der Waals surface area contributed by atoms with Crippen molar-refractivity contribution in [2.24, 2.45) is 0 Å². The highest BCUT2D eigenvalue weighted by atomic mass is 32.1. The van der Waals surface area contributed by atoms with Crippen molar-refractivity contribution in [2.45, 2.75) is 13.0 Å². The molecule has 19 heavy (non-hydrogen) atoms. The van der Waals surface area contributed by atoms with Crippen LogP contribution in [0.3, 0.4) is 0 Å². The SMILES string of the molecule is S=C(NCCc1ccccn1)NCc1ccccc1. The standard InChI is InChI=1S/C15H17N3S/c19-15(18-12-13-6-2-1-3-7-13)17-11-9-14-8-4-5-10-16-14/h1-8,10H,9,11-12H2,(H2,17,18,19). The van der Waals surface area contributed by atoms with E-state index in [0.717, 1.165) is 25.2 Å². The van der Waals surface area contributed by atoms with Crippen LogP contribution in [0.25, 0.3) is 0 Å². The zero-order valence-corrected chi connectivity index (χ0v) is 11.5. The van der Waals surface area contributed by atoms with Gasteiger partial charge >= 0.3 is 0 Å². The minimum absolute atomic E-state index is 0.680. The summed E-state index contributed by atoms with van der Waals surface area (Å²) >= 11 is 5.23. The number of benzene rings is 1. The van der Waals surface area contributed by atoms with E-state index in [1.165, 1.54) is 5.56 Å². The summed E-state index contributed by atoms with van der Waals surface area (Å²) in [5.74, 6) is 0. The third kappa shape index (κ3) is 5.06. The van der Waals surface area contributed by atoms with Crippen LogP contribution in [-0.2, 0) is 13.0 Å². The van der Waals surface area contributed by atoms with E-state index >= 15 is 0 Å². The molecule has 98 valence electrons. The fraction of sp³-hybridized carbons (Fsp3) is 0.200. The lowest BCUT2D eigenvalue weighted by Crippen LogP contribution is -2.35. The van der Waals surface area contributed by atoms with Crippen LogP contribution in [-0.4, -0.2) is 16.6 Å². The molecule has 0 aliphatic carbocycles. The zero-order chi connectivity index (χ0) is 13.3. The van der Waals surface area contributed by atoms with E-state index in [0.29, 0.717) is 5.11 Å². The molecule has 0 spiro atoms. The molecule has 0 aliphatic rings. The molecule has 1 heterocycles. The van der Waals surface area contributed by atoms with Crippen LogP contribution < -0.4 is 10.6 Å². The minimum atomic E-state index is 0.680. The summed E-state index contributed by atoms with van der Waals surface area (Å²) in [6.07, 6.45) is 2.68. The highest BCUT2D eigenvalue weighted by Gasteiger charge is 1.97. The molecule has 0 aliphatic heterocycles. The van der Waals surface area contributed by atoms with Gasteiger partial charge < -0.3 is 10.6 Å². The smallest absolute Gasteiger partial charge is 0.166 e. The fourth-order valence-electron chi connectivity index (χ4n) is 1.69. The summed E-state index contributed by atoms with van der Waals surface area (Å²) in [6.45, 7) is 1.54. The Morgan fingerprint density at radius 2 is 1.79 bits per heavy atom. The predicted molar refractivity (Wildman–Crippen MR) is 81.8 cm³/mol. The molecular weight excluding hydrogens is 254 g/mol. The largest absolute Gasteiger partial charge is 0.362 e. The first-order valence-corrected chi connectivity index (χ1v) is 6.71. The Labute approximate surface area is 119 Å². The van der Waals surface area contributed by atoms with E-state index in [-0.39, 0.29) is 0 Å². The molecule has 4 heteroatoms. The number of hydrogen-bond acceptors (Lipinski definition) is 2. The lowest BCUT2D eigenvalue weighted by Gasteiger charge is -2.10. The van der Waals surface area contributed by atoms with Gasteiger partial charge in [-0.05, 0) is 29.9 Å². The molecular formula is C15H17N3S. The average molecular weight is 271 g/mol. The Balaban J connectivity index is 1.65. The van der Waals surface area contributed by atoms with Crippen molar-refractivity contribution in [1.29, 1.82) is 0 Å². The second-order valence-corrected chi connectivity index (χ2v) is 4.57. The van der Waals surface area contributed by atoms with E-state index in [2.05, 4.69) is 27.8 Å². The molecule has 0 saturated heterocycles. The van der Waals surface area contributed by atoms with Crippen molar-refractivity contribution in [3.63, 3.8) is 0 Å². The predicted octanol–water partition coefficient (Wildman–Crippen LogP) is 2.29. The van der Waals surface area contributed by atoms with Crippen molar-refractivity contribution >= 4 is 17.3 Å². The number of pyridine rings is 1. The van der Waals surface area contributed by atoms with Gasteiger partial charge in [0.2, 0.25) is 0 Å². The molecule has 0 saturated carbocycles. The Bertz CT molecular complexity index is 499. The molecule has 2 N–H and O–H groups in total. The molecule has 0 radical (unpaired) electrons. The van der Waals surface area contributed by atoms with E-state index in [1.807, 2.05) is 36.4 Å². The molecule has 0 bridgehead atoms. The van der Waals surface area contributed by atoms with Crippen LogP contribution in [0.1, 0.15) is 11.3 Å². The lowest BCUT2D eigenvalue weighted by atomic mass is 10.2. The lowest BCUT2D eigenvalue weighted by molar-refractivity contribution is 0.802. The number of thiocarbonyl (C=S) groups is 1. The van der Waals surface area contributed by atoms with Gasteiger partial charge in [-0.1, -0.05) is 36.4 Å². The zero-order valence-electron chi connectivity index (χ0n) is 10.7. The third-order valence-corrected chi connectivity index (χ3v) is 2.98. The van der Waals surface area contributed by atoms with E-state index in [1.54, 1.807) is 6.20 Å². The molecule has 2 aromatic rings. The Morgan fingerprint density at radius 1 is 1.00 bits per heavy atom. The van der Waals surface area contributed by atoms with Crippen LogP contribution in [0.15, 0.2) is 54.7 Å². The summed E-state index contributed by atoms with van der Waals surface area (Å²) in [6, 6.07) is 16.1. The first-order valence-electron chi connectivity index (χ1n) is 6.30. The summed E-state index contributed by atoms with van der Waals surface area (Å²) in [5, 5.41) is 7.05. The number of rotatable bonds is 5. The second kappa shape index (κ2) is 7.48. The summed E-state index contributed by atoms with van der Waals surface area (Å²) < 4.78 is 0. The molecule has 0 amide bonds. The van der Waals surface area contributed by atoms with Gasteiger partial charge in [0, 0.05) is 31.4 Å². The van der Waals surface area contributed by atoms with Gasteiger partial charge in [0.1, 0.15) is 0 Å². The number of aromatic nitrogens is 1. The monoisotopic (exact) mass is 271 g/mol. The fourth-order valence-corrected chi connectivity index (χ4v) is 1.87. The third-order valence-electron chi connectivity index (χ3n) is 2.69. The molecule has 0 fully saturated rings. The van der Waals surface area contributed by atoms with Gasteiger partial charge in [0.05, 0.1) is 0 Å². The van der Waals surface area contributed by atoms with E-state index < -0.39 is 0 Å². The summed E-state index contributed by atoms with van der Waals surface area (Å²) in [5.41, 5.74) is 2.29. The normalized spacial score (nSPS) is 9.89. The molecule has 3 nitrogen and oxygen atoms in total. The van der Waals surface area contributed by atoms with Gasteiger partial charge in [-0.15, -0.1) is 0 Å². The summed E-state index contributed by atoms with van der Waals surface area (Å²) in [4.78, 5) is 4.27. The minimum Gasteiger partial charge on any atom is -0.362 e. The quantitative estimate of drug-likeness (QED) is 0.818.